The largest absolute Gasteiger partial charge is 0.369 e. The minimum absolute atomic E-state index is 0.468. The molecule has 1 aromatic rings. The summed E-state index contributed by atoms with van der Waals surface area (Å²) in [7, 11) is 0. The van der Waals surface area contributed by atoms with Crippen molar-refractivity contribution in [2.75, 3.05) is 31.1 Å². The highest BCUT2D eigenvalue weighted by molar-refractivity contribution is 5.52. The fourth-order valence-corrected chi connectivity index (χ4v) is 2.34. The number of hydrogen-bond acceptors (Lipinski definition) is 4. The summed E-state index contributed by atoms with van der Waals surface area (Å²) < 4.78 is 13.6. The van der Waals surface area contributed by atoms with E-state index in [0.29, 0.717) is 11.7 Å². The maximum Gasteiger partial charge on any atom is 0.304 e. The van der Waals surface area contributed by atoms with E-state index in [1.54, 1.807) is 6.07 Å². The number of nitrogens with zero attached hydrogens (tertiary/aromatic N) is 3. The van der Waals surface area contributed by atoms with Crippen LogP contribution in [0.3, 0.4) is 0 Å². The molecule has 1 heterocycles. The van der Waals surface area contributed by atoms with Gasteiger partial charge in [-0.15, -0.1) is 0 Å². The number of nitro benzene ring substituents is 1. The van der Waals surface area contributed by atoms with Crippen LogP contribution >= 0.6 is 0 Å². The van der Waals surface area contributed by atoms with Crippen molar-refractivity contribution in [3.63, 3.8) is 0 Å². The van der Waals surface area contributed by atoms with Gasteiger partial charge in [0, 0.05) is 50.0 Å². The van der Waals surface area contributed by atoms with Crippen LogP contribution in [0.15, 0.2) is 18.2 Å². The van der Waals surface area contributed by atoms with Crippen LogP contribution in [0.4, 0.5) is 15.8 Å². The van der Waals surface area contributed by atoms with Gasteiger partial charge >= 0.3 is 5.69 Å². The van der Waals surface area contributed by atoms with Crippen LogP contribution in [0, 0.1) is 15.9 Å². The molecular formula is C13H18FN3O2. The number of piperazine rings is 1. The zero-order valence-corrected chi connectivity index (χ0v) is 11.2. The van der Waals surface area contributed by atoms with Gasteiger partial charge in [-0.3, -0.25) is 15.0 Å². The maximum atomic E-state index is 13.6. The van der Waals surface area contributed by atoms with Gasteiger partial charge in [0.2, 0.25) is 5.82 Å². The fourth-order valence-electron chi connectivity index (χ4n) is 2.34. The Bertz CT molecular complexity index is 471. The van der Waals surface area contributed by atoms with E-state index >= 15 is 0 Å². The molecule has 0 N–H and O–H groups in total. The molecule has 0 unspecified atom stereocenters. The first-order valence-corrected chi connectivity index (χ1v) is 6.42. The monoisotopic (exact) mass is 267 g/mol. The number of anilines is 1. The number of nitro groups is 1. The summed E-state index contributed by atoms with van der Waals surface area (Å²) in [4.78, 5) is 14.3. The number of rotatable bonds is 3. The third kappa shape index (κ3) is 3.01. The highest BCUT2D eigenvalue weighted by Crippen LogP contribution is 2.24. The molecule has 0 bridgehead atoms. The van der Waals surface area contributed by atoms with Crippen LogP contribution in [-0.2, 0) is 0 Å². The Labute approximate surface area is 111 Å². The Kier molecular flexibility index (Phi) is 3.99. The minimum Gasteiger partial charge on any atom is -0.369 e. The van der Waals surface area contributed by atoms with Crippen LogP contribution < -0.4 is 4.90 Å². The fraction of sp³-hybridized carbons (Fsp3) is 0.538. The zero-order chi connectivity index (χ0) is 14.0. The molecule has 0 spiro atoms. The summed E-state index contributed by atoms with van der Waals surface area (Å²) >= 11 is 0. The van der Waals surface area contributed by atoms with E-state index in [1.165, 1.54) is 12.1 Å². The Morgan fingerprint density at radius 1 is 1.26 bits per heavy atom. The predicted octanol–water partition coefficient (Wildman–Crippen LogP) is 2.26. The van der Waals surface area contributed by atoms with Crippen molar-refractivity contribution in [2.24, 2.45) is 0 Å². The maximum absolute atomic E-state index is 13.6. The quantitative estimate of drug-likeness (QED) is 0.622. The highest BCUT2D eigenvalue weighted by Gasteiger charge is 2.21. The summed E-state index contributed by atoms with van der Waals surface area (Å²) in [5.74, 6) is -0.770. The molecule has 2 rings (SSSR count). The van der Waals surface area contributed by atoms with Crippen molar-refractivity contribution < 1.29 is 9.31 Å². The van der Waals surface area contributed by atoms with Crippen molar-refractivity contribution in [1.82, 2.24) is 4.90 Å². The molecule has 0 amide bonds. The summed E-state index contributed by atoms with van der Waals surface area (Å²) in [6.45, 7) is 7.79. The van der Waals surface area contributed by atoms with Crippen molar-refractivity contribution in [3.8, 4) is 0 Å². The molecule has 0 atom stereocenters. The molecule has 5 nitrogen and oxygen atoms in total. The second kappa shape index (κ2) is 5.52. The first-order chi connectivity index (χ1) is 8.99. The van der Waals surface area contributed by atoms with E-state index in [2.05, 4.69) is 23.6 Å². The predicted molar refractivity (Wildman–Crippen MR) is 72.0 cm³/mol. The number of halogens is 1. The van der Waals surface area contributed by atoms with E-state index in [9.17, 15) is 14.5 Å². The molecule has 1 fully saturated rings. The first-order valence-electron chi connectivity index (χ1n) is 6.42. The summed E-state index contributed by atoms with van der Waals surface area (Å²) in [6.07, 6.45) is 0. The molecular weight excluding hydrogens is 249 g/mol. The Morgan fingerprint density at radius 2 is 1.89 bits per heavy atom. The van der Waals surface area contributed by atoms with Crippen LogP contribution in [0.5, 0.6) is 0 Å². The Hall–Kier alpha value is -1.69. The number of benzene rings is 1. The highest BCUT2D eigenvalue weighted by atomic mass is 19.1. The average molecular weight is 267 g/mol. The van der Waals surface area contributed by atoms with Gasteiger partial charge < -0.3 is 4.90 Å². The molecule has 1 saturated heterocycles. The molecule has 0 aromatic heterocycles. The van der Waals surface area contributed by atoms with Crippen molar-refractivity contribution in [2.45, 2.75) is 19.9 Å². The van der Waals surface area contributed by atoms with Crippen molar-refractivity contribution in [3.05, 3.63) is 34.1 Å². The normalized spacial score (nSPS) is 16.9. The molecule has 0 saturated carbocycles. The lowest BCUT2D eigenvalue weighted by molar-refractivity contribution is -0.387. The van der Waals surface area contributed by atoms with E-state index in [-0.39, 0.29) is 0 Å². The van der Waals surface area contributed by atoms with Gasteiger partial charge in [0.15, 0.2) is 0 Å². The second-order valence-electron chi connectivity index (χ2n) is 5.01. The lowest BCUT2D eigenvalue weighted by Crippen LogP contribution is -2.48. The van der Waals surface area contributed by atoms with Gasteiger partial charge in [0.25, 0.3) is 0 Å². The SMILES string of the molecule is CC(C)N1CCN(c2ccc([N+](=O)[O-])c(F)c2)CC1. The average Bonchev–Trinajstić information content (AvgIpc) is 2.38. The molecule has 6 heteroatoms. The summed E-state index contributed by atoms with van der Waals surface area (Å²) in [5.41, 5.74) is 0.246. The van der Waals surface area contributed by atoms with Gasteiger partial charge in [-0.2, -0.15) is 4.39 Å². The van der Waals surface area contributed by atoms with Crippen molar-refractivity contribution >= 4 is 11.4 Å². The molecule has 0 aliphatic carbocycles. The standard InChI is InChI=1S/C13H18FN3O2/c1-10(2)15-5-7-16(8-6-15)11-3-4-13(17(18)19)12(14)9-11/h3-4,9-10H,5-8H2,1-2H3. The minimum atomic E-state index is -0.770. The molecule has 104 valence electrons. The first kappa shape index (κ1) is 13.7. The summed E-state index contributed by atoms with van der Waals surface area (Å²) in [5, 5.41) is 10.6. The topological polar surface area (TPSA) is 49.6 Å². The lowest BCUT2D eigenvalue weighted by Gasteiger charge is -2.38. The molecule has 1 aromatic carbocycles. The van der Waals surface area contributed by atoms with Crippen LogP contribution in [-0.4, -0.2) is 42.0 Å². The molecule has 1 aliphatic rings. The van der Waals surface area contributed by atoms with E-state index < -0.39 is 16.4 Å². The van der Waals surface area contributed by atoms with E-state index in [4.69, 9.17) is 0 Å². The van der Waals surface area contributed by atoms with Gasteiger partial charge in [-0.25, -0.2) is 0 Å². The zero-order valence-electron chi connectivity index (χ0n) is 11.2. The number of hydrogen-bond donors (Lipinski definition) is 0. The van der Waals surface area contributed by atoms with E-state index in [0.717, 1.165) is 26.2 Å². The summed E-state index contributed by atoms with van der Waals surface area (Å²) in [6, 6.07) is 4.62. The van der Waals surface area contributed by atoms with Gasteiger partial charge in [0.05, 0.1) is 4.92 Å². The van der Waals surface area contributed by atoms with Gasteiger partial charge in [-0.05, 0) is 19.9 Å². The second-order valence-corrected chi connectivity index (χ2v) is 5.01. The van der Waals surface area contributed by atoms with E-state index in [1.807, 2.05) is 0 Å². The molecule has 19 heavy (non-hydrogen) atoms. The van der Waals surface area contributed by atoms with Gasteiger partial charge in [-0.1, -0.05) is 0 Å². The van der Waals surface area contributed by atoms with Crippen LogP contribution in [0.2, 0.25) is 0 Å². The molecule has 1 aliphatic heterocycles. The molecule has 0 radical (unpaired) electrons. The lowest BCUT2D eigenvalue weighted by atomic mass is 10.2. The van der Waals surface area contributed by atoms with Gasteiger partial charge in [0.1, 0.15) is 0 Å². The Balaban J connectivity index is 2.08. The third-order valence-corrected chi connectivity index (χ3v) is 3.54. The van der Waals surface area contributed by atoms with Crippen molar-refractivity contribution in [1.29, 1.82) is 0 Å². The van der Waals surface area contributed by atoms with Crippen LogP contribution in [0.1, 0.15) is 13.8 Å². The third-order valence-electron chi connectivity index (χ3n) is 3.54. The smallest absolute Gasteiger partial charge is 0.304 e. The van der Waals surface area contributed by atoms with Crippen LogP contribution in [0.25, 0.3) is 0 Å². The Morgan fingerprint density at radius 3 is 2.37 bits per heavy atom.